The highest BCUT2D eigenvalue weighted by atomic mass is 32.2. The molecule has 100 valence electrons. The summed E-state index contributed by atoms with van der Waals surface area (Å²) in [6, 6.07) is 0. The Kier molecular flexibility index (Phi) is 8.13. The fourth-order valence-electron chi connectivity index (χ4n) is 1.94. The highest BCUT2D eigenvalue weighted by molar-refractivity contribution is 8.22. The van der Waals surface area contributed by atoms with Gasteiger partial charge in [0, 0.05) is 39.3 Å². The van der Waals surface area contributed by atoms with E-state index in [9.17, 15) is 0 Å². The molecule has 1 fully saturated rings. The maximum Gasteiger partial charge on any atom is 0.133 e. The molecule has 0 bridgehead atoms. The number of nitrogens with one attached hydrogen (secondary N) is 1. The van der Waals surface area contributed by atoms with Gasteiger partial charge in [-0.1, -0.05) is 12.2 Å². The van der Waals surface area contributed by atoms with E-state index in [2.05, 4.69) is 15.1 Å². The number of aliphatic hydroxyl groups is 1. The summed E-state index contributed by atoms with van der Waals surface area (Å²) in [6.45, 7) is 7.59. The van der Waals surface area contributed by atoms with Crippen LogP contribution in [0.1, 0.15) is 6.42 Å². The lowest BCUT2D eigenvalue weighted by atomic mass is 10.3. The van der Waals surface area contributed by atoms with E-state index in [4.69, 9.17) is 17.3 Å². The third-order valence-electron chi connectivity index (χ3n) is 2.99. The van der Waals surface area contributed by atoms with E-state index in [1.807, 2.05) is 6.26 Å². The van der Waals surface area contributed by atoms with Crippen LogP contribution in [0.3, 0.4) is 0 Å². The minimum Gasteiger partial charge on any atom is -0.395 e. The number of thiocarbonyl (C=S) groups is 1. The highest BCUT2D eigenvalue weighted by Crippen LogP contribution is 2.02. The van der Waals surface area contributed by atoms with E-state index in [0.29, 0.717) is 0 Å². The molecule has 1 heterocycles. The fraction of sp³-hybridized carbons (Fsp3) is 0.909. The molecule has 0 aliphatic carbocycles. The molecular weight excluding hydrogens is 254 g/mol. The smallest absolute Gasteiger partial charge is 0.133 e. The lowest BCUT2D eigenvalue weighted by Crippen LogP contribution is -2.47. The van der Waals surface area contributed by atoms with Crippen LogP contribution in [-0.4, -0.2) is 77.9 Å². The zero-order valence-corrected chi connectivity index (χ0v) is 12.2. The lowest BCUT2D eigenvalue weighted by Gasteiger charge is -2.34. The summed E-state index contributed by atoms with van der Waals surface area (Å²) < 4.78 is 0.887. The first kappa shape index (κ1) is 15.2. The summed E-state index contributed by atoms with van der Waals surface area (Å²) in [7, 11) is 0. The van der Waals surface area contributed by atoms with Crippen molar-refractivity contribution in [2.75, 3.05) is 58.7 Å². The Morgan fingerprint density at radius 2 is 1.82 bits per heavy atom. The Labute approximate surface area is 114 Å². The van der Waals surface area contributed by atoms with Gasteiger partial charge in [0.25, 0.3) is 0 Å². The van der Waals surface area contributed by atoms with Gasteiger partial charge in [-0.15, -0.1) is 11.8 Å². The van der Waals surface area contributed by atoms with Crippen molar-refractivity contribution in [3.8, 4) is 0 Å². The monoisotopic (exact) mass is 277 g/mol. The highest BCUT2D eigenvalue weighted by Gasteiger charge is 2.15. The number of thioether (sulfide) groups is 1. The van der Waals surface area contributed by atoms with Gasteiger partial charge in [0.15, 0.2) is 0 Å². The standard InChI is InChI=1S/C11H23N3OS2/c1-17-11(16)12-3-2-4-13-5-7-14(8-6-13)9-10-15/h15H,2-10H2,1H3,(H,12,16). The number of nitrogens with zero attached hydrogens (tertiary/aromatic N) is 2. The zero-order chi connectivity index (χ0) is 12.5. The second-order valence-corrected chi connectivity index (χ2v) is 5.66. The third-order valence-corrected chi connectivity index (χ3v) is 4.15. The summed E-state index contributed by atoms with van der Waals surface area (Å²) in [5.74, 6) is 0. The molecule has 6 heteroatoms. The SMILES string of the molecule is CSC(=S)NCCCN1CCN(CCO)CC1. The number of rotatable bonds is 6. The van der Waals surface area contributed by atoms with Gasteiger partial charge in [-0.25, -0.2) is 0 Å². The Balaban J connectivity index is 2.00. The summed E-state index contributed by atoms with van der Waals surface area (Å²) in [5.41, 5.74) is 0. The molecule has 1 rings (SSSR count). The van der Waals surface area contributed by atoms with E-state index in [0.717, 1.165) is 56.6 Å². The second kappa shape index (κ2) is 9.10. The van der Waals surface area contributed by atoms with Crippen molar-refractivity contribution in [1.29, 1.82) is 0 Å². The Morgan fingerprint density at radius 3 is 2.35 bits per heavy atom. The predicted octanol–water partition coefficient (Wildman–Crippen LogP) is 0.224. The molecule has 1 aliphatic heterocycles. The lowest BCUT2D eigenvalue weighted by molar-refractivity contribution is 0.112. The van der Waals surface area contributed by atoms with E-state index in [1.54, 1.807) is 11.8 Å². The first-order valence-corrected chi connectivity index (χ1v) is 7.77. The molecule has 2 N–H and O–H groups in total. The van der Waals surface area contributed by atoms with Gasteiger partial charge in [0.2, 0.25) is 0 Å². The number of aliphatic hydroxyl groups excluding tert-OH is 1. The van der Waals surface area contributed by atoms with Gasteiger partial charge < -0.3 is 15.3 Å². The maximum atomic E-state index is 8.86. The van der Waals surface area contributed by atoms with Crippen molar-refractivity contribution in [3.63, 3.8) is 0 Å². The molecule has 0 amide bonds. The molecule has 0 saturated carbocycles. The minimum absolute atomic E-state index is 0.274. The third kappa shape index (κ3) is 6.57. The average molecular weight is 277 g/mol. The topological polar surface area (TPSA) is 38.7 Å². The van der Waals surface area contributed by atoms with E-state index in [1.165, 1.54) is 0 Å². The molecule has 0 atom stereocenters. The molecule has 0 aromatic rings. The number of hydrogen-bond acceptors (Lipinski definition) is 5. The minimum atomic E-state index is 0.274. The molecular formula is C11H23N3OS2. The van der Waals surface area contributed by atoms with Crippen LogP contribution in [-0.2, 0) is 0 Å². The Morgan fingerprint density at radius 1 is 1.24 bits per heavy atom. The first-order valence-electron chi connectivity index (χ1n) is 6.13. The Bertz CT molecular complexity index is 221. The van der Waals surface area contributed by atoms with Gasteiger partial charge >= 0.3 is 0 Å². The summed E-state index contributed by atoms with van der Waals surface area (Å²) in [6.07, 6.45) is 3.14. The summed E-state index contributed by atoms with van der Waals surface area (Å²) in [4.78, 5) is 4.80. The van der Waals surface area contributed by atoms with Crippen molar-refractivity contribution in [2.24, 2.45) is 0 Å². The van der Waals surface area contributed by atoms with Crippen LogP contribution in [0.4, 0.5) is 0 Å². The van der Waals surface area contributed by atoms with E-state index < -0.39 is 0 Å². The van der Waals surface area contributed by atoms with Crippen molar-refractivity contribution in [1.82, 2.24) is 15.1 Å². The summed E-state index contributed by atoms with van der Waals surface area (Å²) in [5, 5.41) is 12.1. The first-order chi connectivity index (χ1) is 8.26. The van der Waals surface area contributed by atoms with Gasteiger partial charge in [0.1, 0.15) is 4.32 Å². The molecule has 0 unspecified atom stereocenters. The van der Waals surface area contributed by atoms with Crippen molar-refractivity contribution >= 4 is 28.3 Å². The van der Waals surface area contributed by atoms with E-state index in [-0.39, 0.29) is 6.61 Å². The van der Waals surface area contributed by atoms with Gasteiger partial charge in [0.05, 0.1) is 6.61 Å². The molecule has 17 heavy (non-hydrogen) atoms. The van der Waals surface area contributed by atoms with Crippen LogP contribution >= 0.6 is 24.0 Å². The molecule has 1 aliphatic rings. The van der Waals surface area contributed by atoms with Crippen LogP contribution in [0, 0.1) is 0 Å². The Hall–Kier alpha value is 0.120. The quantitative estimate of drug-likeness (QED) is 0.535. The zero-order valence-electron chi connectivity index (χ0n) is 10.5. The van der Waals surface area contributed by atoms with Crippen LogP contribution in [0.15, 0.2) is 0 Å². The normalized spacial score (nSPS) is 18.2. The molecule has 1 saturated heterocycles. The van der Waals surface area contributed by atoms with Gasteiger partial charge in [-0.2, -0.15) is 0 Å². The predicted molar refractivity (Wildman–Crippen MR) is 78.7 cm³/mol. The molecule has 0 radical (unpaired) electrons. The van der Waals surface area contributed by atoms with Crippen molar-refractivity contribution in [2.45, 2.75) is 6.42 Å². The van der Waals surface area contributed by atoms with E-state index >= 15 is 0 Å². The largest absolute Gasteiger partial charge is 0.395 e. The molecule has 0 aromatic heterocycles. The fourth-order valence-corrected chi connectivity index (χ4v) is 2.29. The molecule has 4 nitrogen and oxygen atoms in total. The molecule has 0 aromatic carbocycles. The van der Waals surface area contributed by atoms with Gasteiger partial charge in [-0.3, -0.25) is 4.90 Å². The number of β-amino-alcohol motifs (C(OH)–C–C–N with tert-alkyl or cyclic N) is 1. The average Bonchev–Trinajstić information content (AvgIpc) is 2.36. The molecule has 0 spiro atoms. The second-order valence-electron chi connectivity index (χ2n) is 4.18. The maximum absolute atomic E-state index is 8.86. The number of hydrogen-bond donors (Lipinski definition) is 2. The van der Waals surface area contributed by atoms with Crippen molar-refractivity contribution in [3.05, 3.63) is 0 Å². The van der Waals surface area contributed by atoms with Crippen LogP contribution in [0.25, 0.3) is 0 Å². The van der Waals surface area contributed by atoms with Crippen LogP contribution < -0.4 is 5.32 Å². The summed E-state index contributed by atoms with van der Waals surface area (Å²) >= 11 is 6.67. The van der Waals surface area contributed by atoms with Crippen LogP contribution in [0.2, 0.25) is 0 Å². The van der Waals surface area contributed by atoms with Gasteiger partial charge in [-0.05, 0) is 19.2 Å². The van der Waals surface area contributed by atoms with Crippen molar-refractivity contribution < 1.29 is 5.11 Å². The van der Waals surface area contributed by atoms with Crippen LogP contribution in [0.5, 0.6) is 0 Å². The number of piperazine rings is 1.